The average molecular weight is 517 g/mol. The molecule has 1 aromatic carbocycles. The Morgan fingerprint density at radius 3 is 2.54 bits per heavy atom. The molecule has 0 saturated carbocycles. The van der Waals surface area contributed by atoms with Crippen LogP contribution in [0, 0.1) is 11.3 Å². The number of alkyl carbamates (subject to hydrolysis) is 1. The van der Waals surface area contributed by atoms with Crippen LogP contribution in [-0.2, 0) is 19.4 Å². The number of nitriles is 1. The predicted molar refractivity (Wildman–Crippen MR) is 131 cm³/mol. The number of ether oxygens (including phenoxy) is 1. The summed E-state index contributed by atoms with van der Waals surface area (Å²) in [5.41, 5.74) is 0.639. The van der Waals surface area contributed by atoms with Crippen LogP contribution < -0.4 is 10.6 Å². The summed E-state index contributed by atoms with van der Waals surface area (Å²) < 4.78 is 30.7. The topological polar surface area (TPSA) is 138 Å². The predicted octanol–water partition coefficient (Wildman–Crippen LogP) is 4.31. The van der Waals surface area contributed by atoms with Crippen molar-refractivity contribution in [2.75, 3.05) is 11.6 Å². The van der Waals surface area contributed by atoms with Gasteiger partial charge in [0.15, 0.2) is 15.6 Å². The van der Waals surface area contributed by atoms with Crippen LogP contribution in [0.4, 0.5) is 10.5 Å². The summed E-state index contributed by atoms with van der Waals surface area (Å²) in [6.07, 6.45) is 3.64. The zero-order valence-electron chi connectivity index (χ0n) is 19.7. The Bertz CT molecular complexity index is 1360. The SMILES string of the molecule is CC(C)(C)OC(=O)NC(C1=C(Nc2cncc(Cl)c2)CCC1=O)c1ccc(C#N)cc1S(C)(=O)=O. The molecule has 1 heterocycles. The van der Waals surface area contributed by atoms with Crippen molar-refractivity contribution in [3.8, 4) is 6.07 Å². The van der Waals surface area contributed by atoms with Crippen LogP contribution >= 0.6 is 11.6 Å². The molecule has 2 N–H and O–H groups in total. The van der Waals surface area contributed by atoms with Gasteiger partial charge >= 0.3 is 6.09 Å². The van der Waals surface area contributed by atoms with Gasteiger partial charge in [0.1, 0.15) is 5.60 Å². The minimum Gasteiger partial charge on any atom is -0.444 e. The van der Waals surface area contributed by atoms with Crippen molar-refractivity contribution in [1.82, 2.24) is 10.3 Å². The smallest absolute Gasteiger partial charge is 0.408 e. The van der Waals surface area contributed by atoms with Crippen molar-refractivity contribution in [2.24, 2.45) is 0 Å². The Kier molecular flexibility index (Phi) is 7.53. The molecule has 0 bridgehead atoms. The lowest BCUT2D eigenvalue weighted by Gasteiger charge is -2.26. The Labute approximate surface area is 209 Å². The molecule has 2 aromatic rings. The van der Waals surface area contributed by atoms with Gasteiger partial charge in [-0.2, -0.15) is 5.26 Å². The van der Waals surface area contributed by atoms with E-state index in [1.54, 1.807) is 26.8 Å². The minimum atomic E-state index is -3.84. The monoisotopic (exact) mass is 516 g/mol. The van der Waals surface area contributed by atoms with Gasteiger partial charge < -0.3 is 15.4 Å². The van der Waals surface area contributed by atoms with Gasteiger partial charge in [-0.05, 0) is 51.0 Å². The van der Waals surface area contributed by atoms with Crippen molar-refractivity contribution >= 4 is 39.0 Å². The maximum absolute atomic E-state index is 13.1. The number of nitrogens with one attached hydrogen (secondary N) is 2. The molecule has 0 fully saturated rings. The van der Waals surface area contributed by atoms with E-state index in [1.165, 1.54) is 30.6 Å². The Morgan fingerprint density at radius 2 is 1.94 bits per heavy atom. The molecular formula is C24H25ClN4O5S. The number of ketones is 1. The van der Waals surface area contributed by atoms with Crippen LogP contribution in [0.1, 0.15) is 50.8 Å². The highest BCUT2D eigenvalue weighted by Crippen LogP contribution is 2.37. The third kappa shape index (κ3) is 6.59. The number of benzene rings is 1. The molecule has 0 saturated heterocycles. The van der Waals surface area contributed by atoms with Crippen LogP contribution in [-0.4, -0.2) is 37.1 Å². The number of anilines is 1. The van der Waals surface area contributed by atoms with Crippen molar-refractivity contribution in [2.45, 2.75) is 50.2 Å². The third-order valence-corrected chi connectivity index (χ3v) is 6.39. The number of hydrogen-bond donors (Lipinski definition) is 2. The van der Waals surface area contributed by atoms with Gasteiger partial charge in [-0.3, -0.25) is 9.78 Å². The zero-order valence-corrected chi connectivity index (χ0v) is 21.2. The van der Waals surface area contributed by atoms with Gasteiger partial charge in [0.25, 0.3) is 0 Å². The van der Waals surface area contributed by atoms with Crippen LogP contribution in [0.25, 0.3) is 0 Å². The van der Waals surface area contributed by atoms with E-state index in [2.05, 4.69) is 15.6 Å². The third-order valence-electron chi connectivity index (χ3n) is 5.03. The highest BCUT2D eigenvalue weighted by atomic mass is 35.5. The minimum absolute atomic E-state index is 0.125. The number of halogens is 1. The molecule has 1 aromatic heterocycles. The van der Waals surface area contributed by atoms with Crippen LogP contribution in [0.2, 0.25) is 5.02 Å². The number of sulfone groups is 1. The van der Waals surface area contributed by atoms with E-state index in [4.69, 9.17) is 16.3 Å². The first-order valence-electron chi connectivity index (χ1n) is 10.7. The van der Waals surface area contributed by atoms with Crippen molar-refractivity contribution in [1.29, 1.82) is 5.26 Å². The lowest BCUT2D eigenvalue weighted by Crippen LogP contribution is -2.37. The van der Waals surface area contributed by atoms with E-state index < -0.39 is 27.6 Å². The van der Waals surface area contributed by atoms with E-state index >= 15 is 0 Å². The molecule has 11 heteroatoms. The van der Waals surface area contributed by atoms with Crippen LogP contribution in [0.3, 0.4) is 0 Å². The van der Waals surface area contributed by atoms with Gasteiger partial charge in [0.05, 0.1) is 39.5 Å². The fourth-order valence-corrected chi connectivity index (χ4v) is 4.82. The number of rotatable bonds is 6. The van der Waals surface area contributed by atoms with Gasteiger partial charge in [0, 0.05) is 30.1 Å². The number of carbonyl (C=O) groups excluding carboxylic acids is 2. The molecule has 0 radical (unpaired) electrons. The maximum atomic E-state index is 13.1. The standard InChI is InChI=1S/C24H25ClN4O5S/c1-24(2,3)34-23(31)29-22(17-6-5-14(11-26)9-20(17)35(4,32)33)21-18(7-8-19(21)30)28-16-10-15(25)12-27-13-16/h5-6,9-10,12-13,22,28H,7-8H2,1-4H3,(H,29,31). The quantitative estimate of drug-likeness (QED) is 0.579. The van der Waals surface area contributed by atoms with Gasteiger partial charge in [0.2, 0.25) is 0 Å². The number of Topliss-reactive ketones (excluding diaryl/α,β-unsaturated/α-hetero) is 1. The van der Waals surface area contributed by atoms with Gasteiger partial charge in [-0.15, -0.1) is 0 Å². The van der Waals surface area contributed by atoms with E-state index in [0.29, 0.717) is 22.8 Å². The van der Waals surface area contributed by atoms with Crippen LogP contribution in [0.5, 0.6) is 0 Å². The number of amides is 1. The molecular weight excluding hydrogens is 492 g/mol. The van der Waals surface area contributed by atoms with E-state index in [1.807, 2.05) is 6.07 Å². The molecule has 1 atom stereocenters. The number of allylic oxidation sites excluding steroid dienone is 1. The lowest BCUT2D eigenvalue weighted by molar-refractivity contribution is -0.115. The number of nitrogens with zero attached hydrogens (tertiary/aromatic N) is 2. The molecule has 35 heavy (non-hydrogen) atoms. The fraction of sp³-hybridized carbons (Fsp3) is 0.333. The molecule has 3 rings (SSSR count). The summed E-state index contributed by atoms with van der Waals surface area (Å²) in [7, 11) is -3.84. The van der Waals surface area contributed by atoms with Crippen molar-refractivity contribution in [3.05, 3.63) is 64.1 Å². The fourth-order valence-electron chi connectivity index (χ4n) is 3.69. The molecule has 184 valence electrons. The Balaban J connectivity index is 2.19. The summed E-state index contributed by atoms with van der Waals surface area (Å²) in [5, 5.41) is 15.5. The highest BCUT2D eigenvalue weighted by molar-refractivity contribution is 7.90. The molecule has 1 aliphatic rings. The molecule has 0 aliphatic heterocycles. The first-order chi connectivity index (χ1) is 16.3. The lowest BCUT2D eigenvalue weighted by atomic mass is 9.95. The second kappa shape index (κ2) is 10.1. The number of pyridine rings is 1. The Morgan fingerprint density at radius 1 is 1.23 bits per heavy atom. The highest BCUT2D eigenvalue weighted by Gasteiger charge is 2.35. The largest absolute Gasteiger partial charge is 0.444 e. The zero-order chi connectivity index (χ0) is 26.0. The van der Waals surface area contributed by atoms with E-state index in [0.717, 1.165) is 6.26 Å². The second-order valence-corrected chi connectivity index (χ2v) is 11.5. The summed E-state index contributed by atoms with van der Waals surface area (Å²) >= 11 is 6.03. The Hall–Kier alpha value is -3.42. The molecule has 1 unspecified atom stereocenters. The van der Waals surface area contributed by atoms with E-state index in [-0.39, 0.29) is 33.8 Å². The summed E-state index contributed by atoms with van der Waals surface area (Å²) in [6.45, 7) is 5.05. The average Bonchev–Trinajstić information content (AvgIpc) is 3.09. The summed E-state index contributed by atoms with van der Waals surface area (Å²) in [6, 6.07) is 6.46. The van der Waals surface area contributed by atoms with Gasteiger partial charge in [-0.25, -0.2) is 13.2 Å². The molecule has 1 amide bonds. The summed E-state index contributed by atoms with van der Waals surface area (Å²) in [4.78, 5) is 29.7. The van der Waals surface area contributed by atoms with Crippen LogP contribution in [0.15, 0.2) is 52.8 Å². The first kappa shape index (κ1) is 26.2. The normalized spacial score (nSPS) is 14.9. The summed E-state index contributed by atoms with van der Waals surface area (Å²) in [5.74, 6) is -0.271. The molecule has 0 spiro atoms. The second-order valence-electron chi connectivity index (χ2n) is 9.05. The molecule has 9 nitrogen and oxygen atoms in total. The maximum Gasteiger partial charge on any atom is 0.408 e. The van der Waals surface area contributed by atoms with Crippen molar-refractivity contribution < 1.29 is 22.7 Å². The number of hydrogen-bond acceptors (Lipinski definition) is 8. The van der Waals surface area contributed by atoms with Crippen molar-refractivity contribution in [3.63, 3.8) is 0 Å². The molecule has 1 aliphatic carbocycles. The van der Waals surface area contributed by atoms with E-state index in [9.17, 15) is 23.3 Å². The van der Waals surface area contributed by atoms with Gasteiger partial charge in [-0.1, -0.05) is 17.7 Å². The first-order valence-corrected chi connectivity index (χ1v) is 12.9. The number of aromatic nitrogens is 1. The number of carbonyl (C=O) groups is 2.